The first-order chi connectivity index (χ1) is 10.1. The SMILES string of the molecule is CCNC(CCN(CCOC)C(C)COC)C(=O)OCC. The van der Waals surface area contributed by atoms with Crippen molar-refractivity contribution in [1.29, 1.82) is 0 Å². The molecule has 0 rings (SSSR count). The number of esters is 1. The second kappa shape index (κ2) is 13.0. The number of nitrogens with zero attached hydrogens (tertiary/aromatic N) is 1. The third kappa shape index (κ3) is 9.03. The van der Waals surface area contributed by atoms with Gasteiger partial charge >= 0.3 is 5.97 Å². The number of methoxy groups -OCH3 is 2. The van der Waals surface area contributed by atoms with Gasteiger partial charge in [0.1, 0.15) is 6.04 Å². The van der Waals surface area contributed by atoms with Gasteiger partial charge in [-0.25, -0.2) is 0 Å². The largest absolute Gasteiger partial charge is 0.465 e. The summed E-state index contributed by atoms with van der Waals surface area (Å²) in [5.74, 6) is -0.176. The predicted molar refractivity (Wildman–Crippen MR) is 83.5 cm³/mol. The summed E-state index contributed by atoms with van der Waals surface area (Å²) in [5.41, 5.74) is 0. The third-order valence-electron chi connectivity index (χ3n) is 3.34. The minimum Gasteiger partial charge on any atom is -0.465 e. The van der Waals surface area contributed by atoms with Gasteiger partial charge in [-0.2, -0.15) is 0 Å². The molecule has 0 aromatic heterocycles. The lowest BCUT2D eigenvalue weighted by molar-refractivity contribution is -0.146. The number of ether oxygens (including phenoxy) is 3. The highest BCUT2D eigenvalue weighted by Gasteiger charge is 2.21. The van der Waals surface area contributed by atoms with Crippen molar-refractivity contribution in [3.05, 3.63) is 0 Å². The maximum absolute atomic E-state index is 11.9. The van der Waals surface area contributed by atoms with E-state index >= 15 is 0 Å². The molecule has 0 aliphatic rings. The Morgan fingerprint density at radius 3 is 2.43 bits per heavy atom. The van der Waals surface area contributed by atoms with E-state index in [1.165, 1.54) is 0 Å². The van der Waals surface area contributed by atoms with Crippen LogP contribution >= 0.6 is 0 Å². The first kappa shape index (κ1) is 20.3. The van der Waals surface area contributed by atoms with Crippen molar-refractivity contribution in [1.82, 2.24) is 10.2 Å². The van der Waals surface area contributed by atoms with Crippen molar-refractivity contribution >= 4 is 5.97 Å². The lowest BCUT2D eigenvalue weighted by atomic mass is 10.1. The van der Waals surface area contributed by atoms with Crippen molar-refractivity contribution < 1.29 is 19.0 Å². The minimum absolute atomic E-state index is 0.176. The number of hydrogen-bond donors (Lipinski definition) is 1. The number of rotatable bonds is 13. The highest BCUT2D eigenvalue weighted by atomic mass is 16.5. The zero-order valence-electron chi connectivity index (χ0n) is 14.2. The first-order valence-corrected chi connectivity index (χ1v) is 7.72. The molecule has 0 aliphatic carbocycles. The molecule has 2 atom stereocenters. The number of nitrogens with one attached hydrogen (secondary N) is 1. The number of likely N-dealkylation sites (N-methyl/N-ethyl adjacent to an activating group) is 1. The van der Waals surface area contributed by atoms with Crippen LogP contribution in [0.2, 0.25) is 0 Å². The molecule has 6 nitrogen and oxygen atoms in total. The van der Waals surface area contributed by atoms with E-state index in [4.69, 9.17) is 14.2 Å². The number of carbonyl (C=O) groups is 1. The standard InChI is InChI=1S/C15H32N2O4/c1-6-16-14(15(18)21-7-2)8-9-17(10-11-19-4)13(3)12-20-5/h13-14,16H,6-12H2,1-5H3. The summed E-state index contributed by atoms with van der Waals surface area (Å²) in [4.78, 5) is 14.2. The van der Waals surface area contributed by atoms with E-state index in [2.05, 4.69) is 17.1 Å². The molecule has 1 N–H and O–H groups in total. The van der Waals surface area contributed by atoms with Gasteiger partial charge in [0.2, 0.25) is 0 Å². The van der Waals surface area contributed by atoms with Gasteiger partial charge < -0.3 is 19.5 Å². The normalized spacial score (nSPS) is 14.2. The van der Waals surface area contributed by atoms with Gasteiger partial charge in [-0.15, -0.1) is 0 Å². The summed E-state index contributed by atoms with van der Waals surface area (Å²) in [6.07, 6.45) is 0.713. The summed E-state index contributed by atoms with van der Waals surface area (Å²) in [5, 5.41) is 3.19. The van der Waals surface area contributed by atoms with Gasteiger partial charge in [-0.1, -0.05) is 6.92 Å². The topological polar surface area (TPSA) is 60.0 Å². The van der Waals surface area contributed by atoms with Gasteiger partial charge in [0.25, 0.3) is 0 Å². The molecule has 6 heteroatoms. The molecule has 0 saturated carbocycles. The molecule has 0 saturated heterocycles. The molecule has 0 aromatic rings. The zero-order valence-corrected chi connectivity index (χ0v) is 14.2. The third-order valence-corrected chi connectivity index (χ3v) is 3.34. The number of carbonyl (C=O) groups excluding carboxylic acids is 1. The quantitative estimate of drug-likeness (QED) is 0.510. The highest BCUT2D eigenvalue weighted by Crippen LogP contribution is 2.05. The van der Waals surface area contributed by atoms with Crippen LogP contribution in [0, 0.1) is 0 Å². The van der Waals surface area contributed by atoms with Crippen LogP contribution in [0.5, 0.6) is 0 Å². The van der Waals surface area contributed by atoms with E-state index in [1.807, 2.05) is 13.8 Å². The molecule has 0 radical (unpaired) electrons. The second-order valence-electron chi connectivity index (χ2n) is 4.98. The Labute approximate surface area is 129 Å². The molecule has 0 aliphatic heterocycles. The molecule has 0 aromatic carbocycles. The molecule has 0 bridgehead atoms. The molecule has 0 amide bonds. The molecule has 0 spiro atoms. The molecule has 0 heterocycles. The number of hydrogen-bond acceptors (Lipinski definition) is 6. The van der Waals surface area contributed by atoms with Crippen LogP contribution in [-0.2, 0) is 19.0 Å². The van der Waals surface area contributed by atoms with Crippen LogP contribution in [0.25, 0.3) is 0 Å². The minimum atomic E-state index is -0.255. The monoisotopic (exact) mass is 304 g/mol. The van der Waals surface area contributed by atoms with Crippen LogP contribution < -0.4 is 5.32 Å². The Morgan fingerprint density at radius 2 is 1.90 bits per heavy atom. The zero-order chi connectivity index (χ0) is 16.1. The summed E-state index contributed by atoms with van der Waals surface area (Å²) >= 11 is 0. The fourth-order valence-corrected chi connectivity index (χ4v) is 2.20. The molecule has 126 valence electrons. The van der Waals surface area contributed by atoms with Crippen LogP contribution in [0.4, 0.5) is 0 Å². The van der Waals surface area contributed by atoms with Gasteiger partial charge in [0.05, 0.1) is 19.8 Å². The van der Waals surface area contributed by atoms with Crippen molar-refractivity contribution in [2.24, 2.45) is 0 Å². The Kier molecular flexibility index (Phi) is 12.6. The predicted octanol–water partition coefficient (Wildman–Crippen LogP) is 0.901. The second-order valence-corrected chi connectivity index (χ2v) is 4.98. The Bertz CT molecular complexity index is 264. The lowest BCUT2D eigenvalue weighted by Gasteiger charge is -2.29. The first-order valence-electron chi connectivity index (χ1n) is 7.72. The maximum atomic E-state index is 11.9. The summed E-state index contributed by atoms with van der Waals surface area (Å²) in [6.45, 7) is 10.0. The summed E-state index contributed by atoms with van der Waals surface area (Å²) < 4.78 is 15.5. The average Bonchev–Trinajstić information content (AvgIpc) is 2.46. The van der Waals surface area contributed by atoms with Crippen LogP contribution in [0.15, 0.2) is 0 Å². The lowest BCUT2D eigenvalue weighted by Crippen LogP contribution is -2.44. The van der Waals surface area contributed by atoms with E-state index in [0.29, 0.717) is 26.2 Å². The van der Waals surface area contributed by atoms with Crippen LogP contribution in [0.3, 0.4) is 0 Å². The Morgan fingerprint density at radius 1 is 1.19 bits per heavy atom. The molecule has 21 heavy (non-hydrogen) atoms. The van der Waals surface area contributed by atoms with E-state index in [0.717, 1.165) is 19.6 Å². The Balaban J connectivity index is 4.46. The van der Waals surface area contributed by atoms with Crippen molar-refractivity contribution in [3.8, 4) is 0 Å². The van der Waals surface area contributed by atoms with Gasteiger partial charge in [-0.05, 0) is 26.8 Å². The molecule has 2 unspecified atom stereocenters. The van der Waals surface area contributed by atoms with Gasteiger partial charge in [0.15, 0.2) is 0 Å². The van der Waals surface area contributed by atoms with Gasteiger partial charge in [0, 0.05) is 33.4 Å². The smallest absolute Gasteiger partial charge is 0.323 e. The van der Waals surface area contributed by atoms with E-state index in [9.17, 15) is 4.79 Å². The van der Waals surface area contributed by atoms with E-state index in [-0.39, 0.29) is 18.1 Å². The van der Waals surface area contributed by atoms with E-state index < -0.39 is 0 Å². The van der Waals surface area contributed by atoms with Crippen molar-refractivity contribution in [2.75, 3.05) is 53.7 Å². The molecular formula is C15H32N2O4. The van der Waals surface area contributed by atoms with Crippen molar-refractivity contribution in [2.45, 2.75) is 39.3 Å². The van der Waals surface area contributed by atoms with Crippen LogP contribution in [0.1, 0.15) is 27.2 Å². The van der Waals surface area contributed by atoms with Crippen molar-refractivity contribution in [3.63, 3.8) is 0 Å². The molecule has 0 fully saturated rings. The van der Waals surface area contributed by atoms with E-state index in [1.54, 1.807) is 14.2 Å². The fraction of sp³-hybridized carbons (Fsp3) is 0.933. The summed E-state index contributed by atoms with van der Waals surface area (Å²) in [6, 6.07) is 0.0318. The van der Waals surface area contributed by atoms with Crippen LogP contribution in [-0.4, -0.2) is 76.6 Å². The Hall–Kier alpha value is -0.690. The van der Waals surface area contributed by atoms with Gasteiger partial charge in [-0.3, -0.25) is 9.69 Å². The summed E-state index contributed by atoms with van der Waals surface area (Å²) in [7, 11) is 3.39. The highest BCUT2D eigenvalue weighted by molar-refractivity contribution is 5.75. The maximum Gasteiger partial charge on any atom is 0.323 e. The molecular weight excluding hydrogens is 272 g/mol. The average molecular weight is 304 g/mol. The fourth-order valence-electron chi connectivity index (χ4n) is 2.20.